The Morgan fingerprint density at radius 1 is 1.45 bits per heavy atom. The van der Waals surface area contributed by atoms with Crippen LogP contribution >= 0.6 is 50.5 Å². The van der Waals surface area contributed by atoms with Gasteiger partial charge in [0.1, 0.15) is 5.75 Å². The molecule has 0 bridgehead atoms. The molecule has 1 heterocycles. The third-order valence-electron chi connectivity index (χ3n) is 2.51. The Morgan fingerprint density at radius 2 is 2.23 bits per heavy atom. The lowest BCUT2D eigenvalue weighted by molar-refractivity contribution is -0.123. The third-order valence-corrected chi connectivity index (χ3v) is 5.11. The number of halogens is 3. The van der Waals surface area contributed by atoms with Gasteiger partial charge in [0.05, 0.1) is 11.2 Å². The van der Waals surface area contributed by atoms with Gasteiger partial charge < -0.3 is 4.74 Å². The highest BCUT2D eigenvalue weighted by Gasteiger charge is 2.06. The van der Waals surface area contributed by atoms with Gasteiger partial charge in [-0.25, -0.2) is 5.43 Å². The maximum Gasteiger partial charge on any atom is 0.277 e. The summed E-state index contributed by atoms with van der Waals surface area (Å²) in [5, 5.41) is 4.73. The minimum Gasteiger partial charge on any atom is -0.482 e. The first-order chi connectivity index (χ1) is 10.5. The average molecular weight is 422 g/mol. The number of rotatable bonds is 5. The van der Waals surface area contributed by atoms with Crippen molar-refractivity contribution in [2.75, 3.05) is 6.61 Å². The van der Waals surface area contributed by atoms with Crippen molar-refractivity contribution in [3.05, 3.63) is 48.5 Å². The van der Waals surface area contributed by atoms with Crippen molar-refractivity contribution in [2.45, 2.75) is 6.92 Å². The van der Waals surface area contributed by atoms with Gasteiger partial charge in [0.25, 0.3) is 5.91 Å². The fourth-order valence-electron chi connectivity index (χ4n) is 1.48. The molecular weight excluding hydrogens is 411 g/mol. The smallest absolute Gasteiger partial charge is 0.277 e. The first-order valence-corrected chi connectivity index (χ1v) is 8.48. The van der Waals surface area contributed by atoms with Gasteiger partial charge in [0.2, 0.25) is 0 Å². The van der Waals surface area contributed by atoms with Gasteiger partial charge in [0.15, 0.2) is 6.61 Å². The van der Waals surface area contributed by atoms with Crippen molar-refractivity contribution < 1.29 is 9.53 Å². The van der Waals surface area contributed by atoms with Crippen LogP contribution in [0.4, 0.5) is 0 Å². The summed E-state index contributed by atoms with van der Waals surface area (Å²) in [4.78, 5) is 13.7. The Labute approximate surface area is 150 Å². The molecule has 8 heteroatoms. The van der Waals surface area contributed by atoms with Gasteiger partial charge in [-0.15, -0.1) is 11.3 Å². The zero-order valence-electron chi connectivity index (χ0n) is 11.4. The molecule has 0 fully saturated rings. The molecule has 116 valence electrons. The highest BCUT2D eigenvalue weighted by Crippen LogP contribution is 2.27. The van der Waals surface area contributed by atoms with Crippen molar-refractivity contribution in [1.82, 2.24) is 5.43 Å². The van der Waals surface area contributed by atoms with E-state index in [1.54, 1.807) is 35.8 Å². The number of hydrogen-bond donors (Lipinski definition) is 1. The molecule has 0 aliphatic carbocycles. The first kappa shape index (κ1) is 17.3. The van der Waals surface area contributed by atoms with Gasteiger partial charge >= 0.3 is 0 Å². The van der Waals surface area contributed by atoms with Crippen LogP contribution in [0.5, 0.6) is 5.75 Å². The summed E-state index contributed by atoms with van der Waals surface area (Å²) >= 11 is 16.7. The second kappa shape index (κ2) is 7.97. The Balaban J connectivity index is 1.83. The quantitative estimate of drug-likeness (QED) is 0.564. The molecule has 1 N–H and O–H groups in total. The molecule has 0 aliphatic rings. The lowest BCUT2D eigenvalue weighted by Crippen LogP contribution is -2.24. The summed E-state index contributed by atoms with van der Waals surface area (Å²) in [5.41, 5.74) is 2.39. The summed E-state index contributed by atoms with van der Waals surface area (Å²) < 4.78 is 6.32. The highest BCUT2D eigenvalue weighted by atomic mass is 79.9. The zero-order valence-corrected chi connectivity index (χ0v) is 15.3. The van der Waals surface area contributed by atoms with Gasteiger partial charge in [-0.05, 0) is 47.1 Å². The molecule has 0 radical (unpaired) electrons. The second-order valence-electron chi connectivity index (χ2n) is 4.21. The molecule has 0 unspecified atom stereocenters. The van der Waals surface area contributed by atoms with Crippen LogP contribution in [0.15, 0.2) is 33.8 Å². The standard InChI is InChI=1S/C14H11BrCl2N2O2S/c1-8-11(15)5-10(22-8)6-18-19-14(20)7-21-13-3-2-9(16)4-12(13)17/h2-6H,7H2,1H3,(H,19,20). The molecular formula is C14H11BrCl2N2O2S. The van der Waals surface area contributed by atoms with E-state index in [1.165, 1.54) is 0 Å². The summed E-state index contributed by atoms with van der Waals surface area (Å²) in [6, 6.07) is 6.72. The summed E-state index contributed by atoms with van der Waals surface area (Å²) in [5.74, 6) is 0.0117. The molecule has 2 rings (SSSR count). The van der Waals surface area contributed by atoms with Crippen LogP contribution in [0.1, 0.15) is 9.75 Å². The Kier molecular flexibility index (Phi) is 6.26. The number of carbonyl (C=O) groups excluding carboxylic acids is 1. The van der Waals surface area contributed by atoms with Crippen LogP contribution in [0.3, 0.4) is 0 Å². The molecule has 22 heavy (non-hydrogen) atoms. The van der Waals surface area contributed by atoms with E-state index in [9.17, 15) is 4.79 Å². The SMILES string of the molecule is Cc1sc(C=NNC(=O)COc2ccc(Cl)cc2Cl)cc1Br. The minimum atomic E-state index is -0.380. The Hall–Kier alpha value is -1.08. The number of amides is 1. The summed E-state index contributed by atoms with van der Waals surface area (Å²) in [6.45, 7) is 1.81. The van der Waals surface area contributed by atoms with Crippen molar-refractivity contribution in [1.29, 1.82) is 0 Å². The monoisotopic (exact) mass is 420 g/mol. The van der Waals surface area contributed by atoms with Crippen LogP contribution in [0.2, 0.25) is 10.0 Å². The van der Waals surface area contributed by atoms with E-state index in [1.807, 2.05) is 13.0 Å². The lowest BCUT2D eigenvalue weighted by atomic mass is 10.3. The normalized spacial score (nSPS) is 10.9. The molecule has 0 aliphatic heterocycles. The second-order valence-corrected chi connectivity index (χ2v) is 7.20. The topological polar surface area (TPSA) is 50.7 Å². The molecule has 1 amide bonds. The van der Waals surface area contributed by atoms with Crippen molar-refractivity contribution in [3.8, 4) is 5.75 Å². The number of carbonyl (C=O) groups is 1. The number of hydrazone groups is 1. The van der Waals surface area contributed by atoms with Gasteiger partial charge in [-0.3, -0.25) is 4.79 Å². The number of thiophene rings is 1. The fourth-order valence-corrected chi connectivity index (χ4v) is 3.38. The third kappa shape index (κ3) is 4.98. The van der Waals surface area contributed by atoms with E-state index in [4.69, 9.17) is 27.9 Å². The van der Waals surface area contributed by atoms with Crippen LogP contribution < -0.4 is 10.2 Å². The predicted molar refractivity (Wildman–Crippen MR) is 94.4 cm³/mol. The summed E-state index contributed by atoms with van der Waals surface area (Å²) in [6.07, 6.45) is 1.58. The van der Waals surface area contributed by atoms with E-state index < -0.39 is 0 Å². The molecule has 0 atom stereocenters. The largest absolute Gasteiger partial charge is 0.482 e. The Morgan fingerprint density at radius 3 is 2.86 bits per heavy atom. The molecule has 4 nitrogen and oxygen atoms in total. The van der Waals surface area contributed by atoms with Crippen molar-refractivity contribution in [2.24, 2.45) is 5.10 Å². The highest BCUT2D eigenvalue weighted by molar-refractivity contribution is 9.10. The molecule has 1 aromatic carbocycles. The molecule has 0 saturated heterocycles. The van der Waals surface area contributed by atoms with E-state index in [0.29, 0.717) is 15.8 Å². The molecule has 2 aromatic rings. The molecule has 0 saturated carbocycles. The van der Waals surface area contributed by atoms with Gasteiger partial charge in [0, 0.05) is 19.2 Å². The van der Waals surface area contributed by atoms with Crippen LogP contribution in [-0.2, 0) is 4.79 Å². The van der Waals surface area contributed by atoms with E-state index in [-0.39, 0.29) is 12.5 Å². The van der Waals surface area contributed by atoms with E-state index in [2.05, 4.69) is 26.5 Å². The van der Waals surface area contributed by atoms with Crippen LogP contribution in [-0.4, -0.2) is 18.7 Å². The number of aryl methyl sites for hydroxylation is 1. The molecule has 1 aromatic heterocycles. The molecule has 0 spiro atoms. The van der Waals surface area contributed by atoms with Gasteiger partial charge in [-0.2, -0.15) is 5.10 Å². The number of nitrogens with zero attached hydrogens (tertiary/aromatic N) is 1. The van der Waals surface area contributed by atoms with Gasteiger partial charge in [-0.1, -0.05) is 23.2 Å². The number of nitrogens with one attached hydrogen (secondary N) is 1. The average Bonchev–Trinajstić information content (AvgIpc) is 2.76. The number of hydrogen-bond acceptors (Lipinski definition) is 4. The fraction of sp³-hybridized carbons (Fsp3) is 0.143. The Bertz CT molecular complexity index is 699. The van der Waals surface area contributed by atoms with E-state index in [0.717, 1.165) is 14.2 Å². The minimum absolute atomic E-state index is 0.189. The van der Waals surface area contributed by atoms with E-state index >= 15 is 0 Å². The number of ether oxygens (including phenoxy) is 1. The first-order valence-electron chi connectivity index (χ1n) is 6.11. The maximum atomic E-state index is 11.6. The predicted octanol–water partition coefficient (Wildman–Crippen LogP) is 4.65. The van der Waals surface area contributed by atoms with Crippen molar-refractivity contribution in [3.63, 3.8) is 0 Å². The summed E-state index contributed by atoms with van der Waals surface area (Å²) in [7, 11) is 0. The van der Waals surface area contributed by atoms with Crippen molar-refractivity contribution >= 4 is 62.6 Å². The van der Waals surface area contributed by atoms with Crippen LogP contribution in [0, 0.1) is 6.92 Å². The number of benzene rings is 1. The maximum absolute atomic E-state index is 11.6. The lowest BCUT2D eigenvalue weighted by Gasteiger charge is -2.06. The zero-order chi connectivity index (χ0) is 16.1. The van der Waals surface area contributed by atoms with Crippen LogP contribution in [0.25, 0.3) is 0 Å².